The van der Waals surface area contributed by atoms with Crippen LogP contribution in [-0.4, -0.2) is 15.9 Å². The molecule has 0 saturated heterocycles. The van der Waals surface area contributed by atoms with E-state index in [-0.39, 0.29) is 18.3 Å². The van der Waals surface area contributed by atoms with Crippen LogP contribution in [0.1, 0.15) is 16.1 Å². The van der Waals surface area contributed by atoms with Crippen LogP contribution >= 0.6 is 11.3 Å². The van der Waals surface area contributed by atoms with Gasteiger partial charge in [-0.1, -0.05) is 18.2 Å². The van der Waals surface area contributed by atoms with Crippen LogP contribution in [0.25, 0.3) is 10.6 Å². The van der Waals surface area contributed by atoms with Gasteiger partial charge in [0.1, 0.15) is 16.5 Å². The molecule has 3 rings (SSSR count). The Hall–Kier alpha value is -2.60. The maximum atomic E-state index is 13.5. The number of amides is 1. The van der Waals surface area contributed by atoms with E-state index in [2.05, 4.69) is 15.3 Å². The molecule has 1 N–H and O–H groups in total. The number of thiazole rings is 1. The molecule has 0 bridgehead atoms. The van der Waals surface area contributed by atoms with Crippen molar-refractivity contribution < 1.29 is 9.18 Å². The summed E-state index contributed by atoms with van der Waals surface area (Å²) in [4.78, 5) is 20.4. The lowest BCUT2D eigenvalue weighted by molar-refractivity contribution is 0.0946. The van der Waals surface area contributed by atoms with Crippen LogP contribution in [0.3, 0.4) is 0 Å². The largest absolute Gasteiger partial charge is 0.346 e. The molecule has 22 heavy (non-hydrogen) atoms. The van der Waals surface area contributed by atoms with Gasteiger partial charge >= 0.3 is 0 Å². The second-order valence-corrected chi connectivity index (χ2v) is 5.41. The molecule has 0 aliphatic rings. The number of halogens is 1. The van der Waals surface area contributed by atoms with Gasteiger partial charge in [0.15, 0.2) is 0 Å². The first-order valence-corrected chi connectivity index (χ1v) is 7.49. The average molecular weight is 313 g/mol. The normalized spacial score (nSPS) is 10.4. The van der Waals surface area contributed by atoms with Crippen molar-refractivity contribution in [1.82, 2.24) is 15.3 Å². The summed E-state index contributed by atoms with van der Waals surface area (Å²) in [5, 5.41) is 5.08. The summed E-state index contributed by atoms with van der Waals surface area (Å²) in [7, 11) is 0. The van der Waals surface area contributed by atoms with Gasteiger partial charge in [-0.05, 0) is 18.2 Å². The molecule has 110 valence electrons. The summed E-state index contributed by atoms with van der Waals surface area (Å²) in [6.45, 7) is 0.130. The number of benzene rings is 1. The topological polar surface area (TPSA) is 54.9 Å². The van der Waals surface area contributed by atoms with E-state index in [0.29, 0.717) is 11.3 Å². The van der Waals surface area contributed by atoms with E-state index in [4.69, 9.17) is 0 Å². The SMILES string of the molecule is O=C(NCc1ccccc1F)c1csc(-c2cccnc2)n1. The summed E-state index contributed by atoms with van der Waals surface area (Å²) in [6, 6.07) is 10.0. The molecule has 0 aliphatic carbocycles. The molecular weight excluding hydrogens is 301 g/mol. The molecule has 0 saturated carbocycles. The van der Waals surface area contributed by atoms with Crippen molar-refractivity contribution >= 4 is 17.2 Å². The lowest BCUT2D eigenvalue weighted by atomic mass is 10.2. The Morgan fingerprint density at radius 1 is 1.23 bits per heavy atom. The minimum atomic E-state index is -0.336. The molecule has 6 heteroatoms. The van der Waals surface area contributed by atoms with Crippen molar-refractivity contribution in [3.63, 3.8) is 0 Å². The Morgan fingerprint density at radius 2 is 2.09 bits per heavy atom. The van der Waals surface area contributed by atoms with Crippen LogP contribution in [0.5, 0.6) is 0 Å². The number of carbonyl (C=O) groups is 1. The summed E-state index contributed by atoms with van der Waals surface area (Å²) in [6.07, 6.45) is 3.37. The van der Waals surface area contributed by atoms with Gasteiger partial charge in [-0.25, -0.2) is 9.37 Å². The smallest absolute Gasteiger partial charge is 0.271 e. The standard InChI is InChI=1S/C16H12FN3OS/c17-13-6-2-1-4-11(13)9-19-15(21)14-10-22-16(20-14)12-5-3-7-18-8-12/h1-8,10H,9H2,(H,19,21). The zero-order valence-electron chi connectivity index (χ0n) is 11.5. The Labute approximate surface area is 130 Å². The van der Waals surface area contributed by atoms with Gasteiger partial charge in [0.2, 0.25) is 0 Å². The first kappa shape index (κ1) is 14.3. The highest BCUT2D eigenvalue weighted by atomic mass is 32.1. The van der Waals surface area contributed by atoms with E-state index in [1.54, 1.807) is 36.0 Å². The highest BCUT2D eigenvalue weighted by Gasteiger charge is 2.12. The first-order chi connectivity index (χ1) is 10.7. The molecule has 4 nitrogen and oxygen atoms in total. The second-order valence-electron chi connectivity index (χ2n) is 4.55. The molecule has 1 aromatic carbocycles. The molecule has 2 heterocycles. The van der Waals surface area contributed by atoms with Gasteiger partial charge in [-0.15, -0.1) is 11.3 Å². The molecule has 3 aromatic rings. The van der Waals surface area contributed by atoms with Gasteiger partial charge < -0.3 is 5.32 Å². The minimum absolute atomic E-state index is 0.130. The molecule has 2 aromatic heterocycles. The number of rotatable bonds is 4. The van der Waals surface area contributed by atoms with Crippen molar-refractivity contribution in [1.29, 1.82) is 0 Å². The second kappa shape index (κ2) is 6.44. The van der Waals surface area contributed by atoms with Gasteiger partial charge in [-0.2, -0.15) is 0 Å². The molecular formula is C16H12FN3OS. The van der Waals surface area contributed by atoms with E-state index in [0.717, 1.165) is 10.6 Å². The van der Waals surface area contributed by atoms with Crippen LogP contribution in [0.4, 0.5) is 4.39 Å². The van der Waals surface area contributed by atoms with Crippen LogP contribution < -0.4 is 5.32 Å². The predicted molar refractivity (Wildman–Crippen MR) is 82.9 cm³/mol. The molecule has 1 amide bonds. The van der Waals surface area contributed by atoms with Crippen molar-refractivity contribution in [2.75, 3.05) is 0 Å². The molecule has 0 aliphatic heterocycles. The van der Waals surface area contributed by atoms with Gasteiger partial charge in [0.05, 0.1) is 0 Å². The summed E-state index contributed by atoms with van der Waals surface area (Å²) >= 11 is 1.37. The maximum absolute atomic E-state index is 13.5. The molecule has 0 spiro atoms. The van der Waals surface area contributed by atoms with E-state index in [1.807, 2.05) is 12.1 Å². The highest BCUT2D eigenvalue weighted by Crippen LogP contribution is 2.22. The molecule has 0 radical (unpaired) electrons. The van der Waals surface area contributed by atoms with E-state index in [9.17, 15) is 9.18 Å². The lowest BCUT2D eigenvalue weighted by Crippen LogP contribution is -2.23. The summed E-state index contributed by atoms with van der Waals surface area (Å²) in [5.74, 6) is -0.660. The predicted octanol–water partition coefficient (Wildman–Crippen LogP) is 3.27. The van der Waals surface area contributed by atoms with Crippen molar-refractivity contribution in [3.8, 4) is 10.6 Å². The van der Waals surface area contributed by atoms with Crippen LogP contribution in [0.2, 0.25) is 0 Å². The van der Waals surface area contributed by atoms with Crippen molar-refractivity contribution in [3.05, 3.63) is 71.2 Å². The van der Waals surface area contributed by atoms with E-state index >= 15 is 0 Å². The minimum Gasteiger partial charge on any atom is -0.346 e. The van der Waals surface area contributed by atoms with Crippen molar-refractivity contribution in [2.24, 2.45) is 0 Å². The number of nitrogens with one attached hydrogen (secondary N) is 1. The summed E-state index contributed by atoms with van der Waals surface area (Å²) in [5.41, 5.74) is 1.62. The van der Waals surface area contributed by atoms with Crippen molar-refractivity contribution in [2.45, 2.75) is 6.54 Å². The summed E-state index contributed by atoms with van der Waals surface area (Å²) < 4.78 is 13.5. The molecule has 0 atom stereocenters. The van der Waals surface area contributed by atoms with Crippen LogP contribution in [-0.2, 0) is 6.54 Å². The molecule has 0 unspecified atom stereocenters. The highest BCUT2D eigenvalue weighted by molar-refractivity contribution is 7.13. The number of carbonyl (C=O) groups excluding carboxylic acids is 1. The number of hydrogen-bond donors (Lipinski definition) is 1. The van der Waals surface area contributed by atoms with E-state index in [1.165, 1.54) is 17.4 Å². The fourth-order valence-electron chi connectivity index (χ4n) is 1.91. The van der Waals surface area contributed by atoms with Gasteiger partial charge in [0.25, 0.3) is 5.91 Å². The zero-order valence-corrected chi connectivity index (χ0v) is 12.3. The number of nitrogens with zero attached hydrogens (tertiary/aromatic N) is 2. The molecule has 0 fully saturated rings. The lowest BCUT2D eigenvalue weighted by Gasteiger charge is -2.04. The monoisotopic (exact) mass is 313 g/mol. The number of aromatic nitrogens is 2. The third kappa shape index (κ3) is 3.17. The quantitative estimate of drug-likeness (QED) is 0.804. The number of pyridine rings is 1. The fourth-order valence-corrected chi connectivity index (χ4v) is 2.70. The van der Waals surface area contributed by atoms with E-state index < -0.39 is 0 Å². The van der Waals surface area contributed by atoms with Gasteiger partial charge in [0, 0.05) is 35.4 Å². The Morgan fingerprint density at radius 3 is 2.86 bits per heavy atom. The Balaban J connectivity index is 1.69. The number of hydrogen-bond acceptors (Lipinski definition) is 4. The first-order valence-electron chi connectivity index (χ1n) is 6.61. The maximum Gasteiger partial charge on any atom is 0.271 e. The van der Waals surface area contributed by atoms with Gasteiger partial charge in [-0.3, -0.25) is 9.78 Å². The average Bonchev–Trinajstić information content (AvgIpc) is 3.05. The fraction of sp³-hybridized carbons (Fsp3) is 0.0625. The van der Waals surface area contributed by atoms with Crippen LogP contribution in [0, 0.1) is 5.82 Å². The van der Waals surface area contributed by atoms with Crippen LogP contribution in [0.15, 0.2) is 54.2 Å². The third-order valence-corrected chi connectivity index (χ3v) is 3.93. The zero-order chi connectivity index (χ0) is 15.4. The third-order valence-electron chi connectivity index (χ3n) is 3.04. The Bertz CT molecular complexity index is 789. The Kier molecular flexibility index (Phi) is 4.20.